The Hall–Kier alpha value is -2.48. The van der Waals surface area contributed by atoms with Crippen molar-refractivity contribution in [2.45, 2.75) is 6.92 Å². The highest BCUT2D eigenvalue weighted by atomic mass is 32.2. The maximum absolute atomic E-state index is 12.4. The van der Waals surface area contributed by atoms with Crippen molar-refractivity contribution in [2.75, 3.05) is 27.4 Å². The third-order valence-electron chi connectivity index (χ3n) is 3.19. The average molecular weight is 351 g/mol. The fraction of sp³-hybridized carbons (Fsp3) is 0.312. The van der Waals surface area contributed by atoms with Crippen LogP contribution in [0.5, 0.6) is 11.5 Å². The molecule has 0 unspecified atom stereocenters. The minimum absolute atomic E-state index is 0.186. The van der Waals surface area contributed by atoms with E-state index in [2.05, 4.69) is 0 Å². The lowest BCUT2D eigenvalue weighted by atomic mass is 10.1. The number of ether oxygens (including phenoxy) is 3. The molecule has 0 saturated carbocycles. The van der Waals surface area contributed by atoms with E-state index in [0.29, 0.717) is 17.1 Å². The molecule has 1 heterocycles. The van der Waals surface area contributed by atoms with Gasteiger partial charge in [-0.2, -0.15) is 0 Å². The van der Waals surface area contributed by atoms with Gasteiger partial charge >= 0.3 is 5.97 Å². The van der Waals surface area contributed by atoms with Gasteiger partial charge in [-0.05, 0) is 43.0 Å². The molecule has 1 aliphatic heterocycles. The van der Waals surface area contributed by atoms with Crippen molar-refractivity contribution in [3.63, 3.8) is 0 Å². The lowest BCUT2D eigenvalue weighted by Crippen LogP contribution is -2.34. The van der Waals surface area contributed by atoms with Crippen molar-refractivity contribution >= 4 is 35.0 Å². The molecule has 7 nitrogen and oxygen atoms in total. The molecule has 24 heavy (non-hydrogen) atoms. The first-order valence-corrected chi connectivity index (χ1v) is 7.94. The van der Waals surface area contributed by atoms with Crippen LogP contribution in [-0.2, 0) is 14.3 Å². The van der Waals surface area contributed by atoms with Gasteiger partial charge < -0.3 is 14.2 Å². The number of benzene rings is 1. The zero-order chi connectivity index (χ0) is 17.7. The Bertz CT molecular complexity index is 700. The zero-order valence-corrected chi connectivity index (χ0v) is 14.3. The fourth-order valence-electron chi connectivity index (χ4n) is 2.07. The van der Waals surface area contributed by atoms with Crippen LogP contribution in [0.1, 0.15) is 12.5 Å². The van der Waals surface area contributed by atoms with Gasteiger partial charge in [-0.15, -0.1) is 0 Å². The SMILES string of the molecule is CCOC(=O)CN1C(=O)S/C(=C\c2cc(OC)ccc2OC)C1=O. The van der Waals surface area contributed by atoms with Crippen LogP contribution in [-0.4, -0.2) is 49.4 Å². The second-order valence-corrected chi connectivity index (χ2v) is 5.67. The third kappa shape index (κ3) is 3.88. The normalized spacial score (nSPS) is 15.8. The lowest BCUT2D eigenvalue weighted by molar-refractivity contribution is -0.145. The molecule has 0 spiro atoms. The largest absolute Gasteiger partial charge is 0.497 e. The quantitative estimate of drug-likeness (QED) is 0.574. The van der Waals surface area contributed by atoms with Gasteiger partial charge in [-0.3, -0.25) is 19.3 Å². The van der Waals surface area contributed by atoms with E-state index in [1.165, 1.54) is 20.3 Å². The topological polar surface area (TPSA) is 82.1 Å². The van der Waals surface area contributed by atoms with E-state index in [-0.39, 0.29) is 11.5 Å². The second kappa shape index (κ2) is 7.87. The summed E-state index contributed by atoms with van der Waals surface area (Å²) in [6, 6.07) is 5.12. The van der Waals surface area contributed by atoms with Crippen LogP contribution in [0.3, 0.4) is 0 Å². The maximum atomic E-state index is 12.4. The highest BCUT2D eigenvalue weighted by Crippen LogP contribution is 2.34. The molecule has 1 aromatic rings. The van der Waals surface area contributed by atoms with Crippen LogP contribution < -0.4 is 9.47 Å². The first-order chi connectivity index (χ1) is 11.5. The third-order valence-corrected chi connectivity index (χ3v) is 4.10. The molecule has 2 rings (SSSR count). The molecule has 0 aliphatic carbocycles. The molecule has 0 radical (unpaired) electrons. The predicted molar refractivity (Wildman–Crippen MR) is 88.9 cm³/mol. The number of thioether (sulfide) groups is 1. The highest BCUT2D eigenvalue weighted by molar-refractivity contribution is 8.18. The molecule has 0 bridgehead atoms. The van der Waals surface area contributed by atoms with Crippen LogP contribution in [0, 0.1) is 0 Å². The summed E-state index contributed by atoms with van der Waals surface area (Å²) in [7, 11) is 3.03. The maximum Gasteiger partial charge on any atom is 0.326 e. The Labute approximate surface area is 143 Å². The molecule has 8 heteroatoms. The smallest absolute Gasteiger partial charge is 0.326 e. The molecule has 0 atom stereocenters. The van der Waals surface area contributed by atoms with Crippen LogP contribution in [0.15, 0.2) is 23.1 Å². The van der Waals surface area contributed by atoms with E-state index in [9.17, 15) is 14.4 Å². The molecular formula is C16H17NO6S. The molecule has 1 aliphatic rings. The number of carbonyl (C=O) groups excluding carboxylic acids is 3. The van der Waals surface area contributed by atoms with E-state index in [1.807, 2.05) is 0 Å². The van der Waals surface area contributed by atoms with Crippen LogP contribution in [0.4, 0.5) is 4.79 Å². The lowest BCUT2D eigenvalue weighted by Gasteiger charge is -2.11. The number of imide groups is 1. The van der Waals surface area contributed by atoms with Crippen molar-refractivity contribution in [1.29, 1.82) is 0 Å². The first kappa shape index (κ1) is 17.9. The van der Waals surface area contributed by atoms with Gasteiger partial charge in [-0.25, -0.2) is 0 Å². The number of rotatable bonds is 6. The summed E-state index contributed by atoms with van der Waals surface area (Å²) < 4.78 is 15.2. The van der Waals surface area contributed by atoms with Crippen molar-refractivity contribution < 1.29 is 28.6 Å². The zero-order valence-electron chi connectivity index (χ0n) is 13.5. The molecule has 0 aromatic heterocycles. The summed E-state index contributed by atoms with van der Waals surface area (Å²) in [6.45, 7) is 1.44. The van der Waals surface area contributed by atoms with Crippen molar-refractivity contribution in [3.05, 3.63) is 28.7 Å². The number of methoxy groups -OCH3 is 2. The number of amides is 2. The average Bonchev–Trinajstić information content (AvgIpc) is 2.82. The fourth-order valence-corrected chi connectivity index (χ4v) is 2.89. The van der Waals surface area contributed by atoms with Gasteiger partial charge in [0.05, 0.1) is 25.7 Å². The van der Waals surface area contributed by atoms with E-state index in [4.69, 9.17) is 14.2 Å². The van der Waals surface area contributed by atoms with Crippen molar-refractivity contribution in [2.24, 2.45) is 0 Å². The minimum Gasteiger partial charge on any atom is -0.497 e. The number of hydrogen-bond donors (Lipinski definition) is 0. The number of hydrogen-bond acceptors (Lipinski definition) is 7. The molecule has 1 saturated heterocycles. The van der Waals surface area contributed by atoms with Crippen LogP contribution >= 0.6 is 11.8 Å². The molecular weight excluding hydrogens is 334 g/mol. The molecule has 0 N–H and O–H groups in total. The van der Waals surface area contributed by atoms with Gasteiger partial charge in [0.15, 0.2) is 0 Å². The highest BCUT2D eigenvalue weighted by Gasteiger charge is 2.36. The van der Waals surface area contributed by atoms with E-state index >= 15 is 0 Å². The van der Waals surface area contributed by atoms with Gasteiger partial charge in [0.25, 0.3) is 11.1 Å². The number of carbonyl (C=O) groups is 3. The second-order valence-electron chi connectivity index (χ2n) is 4.68. The van der Waals surface area contributed by atoms with E-state index in [1.54, 1.807) is 25.1 Å². The summed E-state index contributed by atoms with van der Waals surface area (Å²) in [5, 5.41) is -0.513. The Morgan fingerprint density at radius 1 is 1.25 bits per heavy atom. The molecule has 128 valence electrons. The number of esters is 1. The monoisotopic (exact) mass is 351 g/mol. The molecule has 2 amide bonds. The van der Waals surface area contributed by atoms with E-state index in [0.717, 1.165) is 16.7 Å². The summed E-state index contributed by atoms with van der Waals surface area (Å²) in [5.74, 6) is -0.0382. The predicted octanol–water partition coefficient (Wildman–Crippen LogP) is 2.30. The number of nitrogens with zero attached hydrogens (tertiary/aromatic N) is 1. The summed E-state index contributed by atoms with van der Waals surface area (Å²) in [4.78, 5) is 36.9. The standard InChI is InChI=1S/C16H17NO6S/c1-4-23-14(18)9-17-15(19)13(24-16(17)20)8-10-7-11(21-2)5-6-12(10)22-3/h5-8H,4,9H2,1-3H3/b13-8-. The Balaban J connectivity index is 2.27. The summed E-state index contributed by atoms with van der Waals surface area (Å²) >= 11 is 0.764. The Morgan fingerprint density at radius 3 is 2.62 bits per heavy atom. The minimum atomic E-state index is -0.625. The van der Waals surface area contributed by atoms with E-state index < -0.39 is 23.7 Å². The van der Waals surface area contributed by atoms with Gasteiger partial charge in [0.1, 0.15) is 18.0 Å². The molecule has 1 fully saturated rings. The van der Waals surface area contributed by atoms with Gasteiger partial charge in [0.2, 0.25) is 0 Å². The van der Waals surface area contributed by atoms with Gasteiger partial charge in [0, 0.05) is 5.56 Å². The van der Waals surface area contributed by atoms with Crippen LogP contribution in [0.25, 0.3) is 6.08 Å². The van der Waals surface area contributed by atoms with Crippen LogP contribution in [0.2, 0.25) is 0 Å². The Kier molecular flexibility index (Phi) is 5.86. The van der Waals surface area contributed by atoms with Crippen molar-refractivity contribution in [1.82, 2.24) is 4.90 Å². The Morgan fingerprint density at radius 2 is 2.00 bits per heavy atom. The summed E-state index contributed by atoms with van der Waals surface area (Å²) in [5.41, 5.74) is 0.596. The molecule has 1 aromatic carbocycles. The van der Waals surface area contributed by atoms with Crippen molar-refractivity contribution in [3.8, 4) is 11.5 Å². The first-order valence-electron chi connectivity index (χ1n) is 7.13. The van der Waals surface area contributed by atoms with Gasteiger partial charge in [-0.1, -0.05) is 0 Å². The summed E-state index contributed by atoms with van der Waals surface area (Å²) in [6.07, 6.45) is 1.54.